The number of carbonyl (C=O) groups excluding carboxylic acids is 1. The van der Waals surface area contributed by atoms with Gasteiger partial charge in [-0.2, -0.15) is 5.48 Å². The van der Waals surface area contributed by atoms with E-state index in [0.29, 0.717) is 5.57 Å². The monoisotopic (exact) mass is 203 g/mol. The number of hydrogen-bond acceptors (Lipinski definition) is 3. The van der Waals surface area contributed by atoms with Crippen molar-refractivity contribution in [1.29, 1.82) is 0 Å². The fraction of sp³-hybridized carbons (Fsp3) is 0. The highest BCUT2D eigenvalue weighted by Crippen LogP contribution is 2.14. The molecular weight excluding hydrogens is 194 g/mol. The highest BCUT2D eigenvalue weighted by molar-refractivity contribution is 6.00. The number of benzene rings is 1. The number of amides is 1. The van der Waals surface area contributed by atoms with Gasteiger partial charge in [0.15, 0.2) is 0 Å². The molecule has 4 nitrogen and oxygen atoms in total. The lowest BCUT2D eigenvalue weighted by Gasteiger charge is -2.08. The summed E-state index contributed by atoms with van der Waals surface area (Å²) in [5.41, 5.74) is 3.56. The van der Waals surface area contributed by atoms with Crippen LogP contribution in [0.15, 0.2) is 42.2 Å². The fourth-order valence-corrected chi connectivity index (χ4v) is 1.19. The second-order valence-electron chi connectivity index (χ2n) is 3.04. The van der Waals surface area contributed by atoms with Crippen LogP contribution in [-0.2, 0) is 9.63 Å². The maximum atomic E-state index is 11.3. The zero-order chi connectivity index (χ0) is 10.7. The molecule has 1 aliphatic heterocycles. The van der Waals surface area contributed by atoms with Crippen LogP contribution < -0.4 is 5.48 Å². The predicted octanol–water partition coefficient (Wildman–Crippen LogP) is 1.35. The van der Waals surface area contributed by atoms with Gasteiger partial charge in [-0.3, -0.25) is 4.79 Å². The van der Waals surface area contributed by atoms with Gasteiger partial charge in [-0.1, -0.05) is 12.1 Å². The molecule has 0 saturated heterocycles. The minimum Gasteiger partial charge on any atom is -0.508 e. The van der Waals surface area contributed by atoms with Crippen molar-refractivity contribution in [2.75, 3.05) is 0 Å². The molecule has 2 N–H and O–H groups in total. The van der Waals surface area contributed by atoms with E-state index in [2.05, 4.69) is 10.3 Å². The normalized spacial score (nSPS) is 17.3. The van der Waals surface area contributed by atoms with Crippen molar-refractivity contribution in [2.24, 2.45) is 0 Å². The van der Waals surface area contributed by atoms with Crippen LogP contribution in [0.25, 0.3) is 6.08 Å². The lowest BCUT2D eigenvalue weighted by molar-refractivity contribution is -0.126. The second-order valence-corrected chi connectivity index (χ2v) is 3.04. The molecule has 0 unspecified atom stereocenters. The van der Waals surface area contributed by atoms with Crippen LogP contribution in [0.5, 0.6) is 5.75 Å². The lowest BCUT2D eigenvalue weighted by atomic mass is 10.1. The van der Waals surface area contributed by atoms with E-state index in [0.717, 1.165) is 5.56 Å². The van der Waals surface area contributed by atoms with E-state index in [1.54, 1.807) is 36.4 Å². The maximum Gasteiger partial charge on any atom is 0.284 e. The molecule has 2 rings (SSSR count). The Hall–Kier alpha value is -2.23. The molecule has 1 heterocycles. The number of rotatable bonds is 1. The van der Waals surface area contributed by atoms with Gasteiger partial charge in [0.25, 0.3) is 5.91 Å². The number of aromatic hydroxyl groups is 1. The molecule has 0 bridgehead atoms. The second kappa shape index (κ2) is 3.88. The van der Waals surface area contributed by atoms with Crippen LogP contribution in [0.4, 0.5) is 0 Å². The number of carbonyl (C=O) groups is 1. The van der Waals surface area contributed by atoms with E-state index in [1.807, 2.05) is 0 Å². The van der Waals surface area contributed by atoms with Gasteiger partial charge in [0, 0.05) is 5.57 Å². The van der Waals surface area contributed by atoms with E-state index in [-0.39, 0.29) is 11.7 Å². The first kappa shape index (κ1) is 9.33. The van der Waals surface area contributed by atoms with Gasteiger partial charge in [0.2, 0.25) is 0 Å². The Bertz CT molecular complexity index is 432. The van der Waals surface area contributed by atoms with Crippen LogP contribution in [0, 0.1) is 0 Å². The van der Waals surface area contributed by atoms with Gasteiger partial charge in [-0.15, -0.1) is 0 Å². The SMILES string of the molecule is O=C1NOC=CC1=Cc1ccc(O)cc1. The van der Waals surface area contributed by atoms with Crippen molar-refractivity contribution >= 4 is 12.0 Å². The Balaban J connectivity index is 2.29. The first-order valence-corrected chi connectivity index (χ1v) is 4.39. The third-order valence-electron chi connectivity index (χ3n) is 1.94. The van der Waals surface area contributed by atoms with Gasteiger partial charge in [0.1, 0.15) is 12.0 Å². The molecule has 0 aromatic heterocycles. The summed E-state index contributed by atoms with van der Waals surface area (Å²) in [6.07, 6.45) is 4.67. The summed E-state index contributed by atoms with van der Waals surface area (Å²) in [5.74, 6) is -0.0882. The fourth-order valence-electron chi connectivity index (χ4n) is 1.19. The predicted molar refractivity (Wildman–Crippen MR) is 54.5 cm³/mol. The van der Waals surface area contributed by atoms with Crippen molar-refractivity contribution < 1.29 is 14.7 Å². The third-order valence-corrected chi connectivity index (χ3v) is 1.94. The van der Waals surface area contributed by atoms with Crippen LogP contribution in [-0.4, -0.2) is 11.0 Å². The van der Waals surface area contributed by atoms with Gasteiger partial charge in [0.05, 0.1) is 0 Å². The number of nitrogens with one attached hydrogen (secondary N) is 1. The van der Waals surface area contributed by atoms with Crippen molar-refractivity contribution in [3.63, 3.8) is 0 Å². The Morgan fingerprint density at radius 3 is 2.67 bits per heavy atom. The third kappa shape index (κ3) is 2.17. The van der Waals surface area contributed by atoms with E-state index >= 15 is 0 Å². The molecule has 0 aliphatic carbocycles. The summed E-state index contributed by atoms with van der Waals surface area (Å²) < 4.78 is 0. The highest BCUT2D eigenvalue weighted by atomic mass is 16.6. The Morgan fingerprint density at radius 1 is 1.27 bits per heavy atom. The van der Waals surface area contributed by atoms with Gasteiger partial charge < -0.3 is 9.94 Å². The minimum absolute atomic E-state index is 0.198. The van der Waals surface area contributed by atoms with Crippen LogP contribution in [0.1, 0.15) is 5.56 Å². The quantitative estimate of drug-likeness (QED) is 0.677. The average Bonchev–Trinajstić information content (AvgIpc) is 2.25. The van der Waals surface area contributed by atoms with Crippen LogP contribution >= 0.6 is 0 Å². The van der Waals surface area contributed by atoms with E-state index < -0.39 is 0 Å². The number of hydroxylamine groups is 1. The molecule has 4 heteroatoms. The maximum absolute atomic E-state index is 11.3. The van der Waals surface area contributed by atoms with Crippen molar-refractivity contribution in [2.45, 2.75) is 0 Å². The topological polar surface area (TPSA) is 58.6 Å². The molecular formula is C11H9NO3. The van der Waals surface area contributed by atoms with Crippen molar-refractivity contribution in [3.05, 3.63) is 47.7 Å². The molecule has 0 radical (unpaired) electrons. The average molecular weight is 203 g/mol. The first-order chi connectivity index (χ1) is 7.25. The molecule has 15 heavy (non-hydrogen) atoms. The zero-order valence-electron chi connectivity index (χ0n) is 7.81. The Labute approximate surface area is 86.4 Å². The lowest BCUT2D eigenvalue weighted by Crippen LogP contribution is -2.25. The van der Waals surface area contributed by atoms with E-state index in [1.165, 1.54) is 6.26 Å². The van der Waals surface area contributed by atoms with Crippen molar-refractivity contribution in [3.8, 4) is 5.75 Å². The Kier molecular flexibility index (Phi) is 2.41. The standard InChI is InChI=1S/C11H9NO3/c13-10-3-1-8(2-4-10)7-9-5-6-15-12-11(9)14/h1-7,13H,(H,12,14). The summed E-state index contributed by atoms with van der Waals surface area (Å²) in [6.45, 7) is 0. The molecule has 1 aromatic carbocycles. The molecule has 0 atom stereocenters. The summed E-state index contributed by atoms with van der Waals surface area (Å²) in [6, 6.07) is 6.57. The largest absolute Gasteiger partial charge is 0.508 e. The molecule has 76 valence electrons. The summed E-state index contributed by atoms with van der Waals surface area (Å²) in [4.78, 5) is 15.9. The minimum atomic E-state index is -0.287. The zero-order valence-corrected chi connectivity index (χ0v) is 7.81. The van der Waals surface area contributed by atoms with Gasteiger partial charge in [-0.05, 0) is 29.8 Å². The first-order valence-electron chi connectivity index (χ1n) is 4.39. The molecule has 0 spiro atoms. The summed E-state index contributed by atoms with van der Waals surface area (Å²) in [5, 5.41) is 9.08. The Morgan fingerprint density at radius 2 is 2.00 bits per heavy atom. The van der Waals surface area contributed by atoms with Crippen molar-refractivity contribution in [1.82, 2.24) is 5.48 Å². The summed E-state index contributed by atoms with van der Waals surface area (Å²) in [7, 11) is 0. The molecule has 1 aromatic rings. The van der Waals surface area contributed by atoms with Gasteiger partial charge >= 0.3 is 0 Å². The number of hydrogen-bond donors (Lipinski definition) is 2. The summed E-state index contributed by atoms with van der Waals surface area (Å²) >= 11 is 0. The molecule has 1 aliphatic rings. The number of phenolic OH excluding ortho intramolecular Hbond substituents is 1. The molecule has 1 amide bonds. The smallest absolute Gasteiger partial charge is 0.284 e. The highest BCUT2D eigenvalue weighted by Gasteiger charge is 2.09. The van der Waals surface area contributed by atoms with Crippen LogP contribution in [0.2, 0.25) is 0 Å². The number of phenols is 1. The van der Waals surface area contributed by atoms with E-state index in [9.17, 15) is 4.79 Å². The van der Waals surface area contributed by atoms with Crippen LogP contribution in [0.3, 0.4) is 0 Å². The molecule has 0 saturated carbocycles. The van der Waals surface area contributed by atoms with Gasteiger partial charge in [-0.25, -0.2) is 0 Å². The molecule has 0 fully saturated rings. The van der Waals surface area contributed by atoms with E-state index in [4.69, 9.17) is 5.11 Å².